The van der Waals surface area contributed by atoms with Crippen molar-refractivity contribution in [2.45, 2.75) is 32.2 Å². The molecule has 0 N–H and O–H groups in total. The van der Waals surface area contributed by atoms with Gasteiger partial charge in [-0.15, -0.1) is 11.3 Å². The quantitative estimate of drug-likeness (QED) is 0.799. The van der Waals surface area contributed by atoms with Gasteiger partial charge in [-0.1, -0.05) is 18.0 Å². The summed E-state index contributed by atoms with van der Waals surface area (Å²) in [5, 5.41) is 3.31. The molecule has 4 nitrogen and oxygen atoms in total. The van der Waals surface area contributed by atoms with Crippen molar-refractivity contribution >= 4 is 39.1 Å². The topological polar surface area (TPSA) is 46.1 Å². The molecule has 2 aromatic rings. The number of fused-ring (bicyclic) bond motifs is 1. The lowest BCUT2D eigenvalue weighted by molar-refractivity contribution is -0.131. The fraction of sp³-hybridized carbons (Fsp3) is 0.462. The Morgan fingerprint density at radius 2 is 2.21 bits per heavy atom. The molecule has 3 heterocycles. The molecule has 6 heteroatoms. The van der Waals surface area contributed by atoms with E-state index in [1.54, 1.807) is 11.3 Å². The van der Waals surface area contributed by atoms with E-state index in [0.29, 0.717) is 23.9 Å². The summed E-state index contributed by atoms with van der Waals surface area (Å²) in [5.74, 6) is 0.832. The first-order valence-electron chi connectivity index (χ1n) is 6.41. The predicted molar refractivity (Wildman–Crippen MR) is 76.3 cm³/mol. The summed E-state index contributed by atoms with van der Waals surface area (Å²) >= 11 is 7.69. The molecule has 1 fully saturated rings. The lowest BCUT2D eigenvalue weighted by Crippen LogP contribution is -2.30. The smallest absolute Gasteiger partial charge is 0.222 e. The minimum absolute atomic E-state index is 0.198. The van der Waals surface area contributed by atoms with Crippen LogP contribution in [0.15, 0.2) is 11.4 Å². The number of amides is 1. The molecule has 100 valence electrons. The van der Waals surface area contributed by atoms with Crippen LogP contribution in [0.25, 0.3) is 10.2 Å². The van der Waals surface area contributed by atoms with Gasteiger partial charge in [0.25, 0.3) is 0 Å². The molecule has 1 saturated heterocycles. The Morgan fingerprint density at radius 1 is 1.32 bits per heavy atom. The number of likely N-dealkylation sites (tertiary alicyclic amines) is 1. The average molecular weight is 296 g/mol. The van der Waals surface area contributed by atoms with Crippen LogP contribution in [-0.4, -0.2) is 27.3 Å². The van der Waals surface area contributed by atoms with E-state index in [9.17, 15) is 4.79 Å². The summed E-state index contributed by atoms with van der Waals surface area (Å²) in [4.78, 5) is 23.5. The second kappa shape index (κ2) is 5.43. The summed E-state index contributed by atoms with van der Waals surface area (Å²) in [6.07, 6.45) is 3.80. The third kappa shape index (κ3) is 2.72. The minimum Gasteiger partial charge on any atom is -0.335 e. The van der Waals surface area contributed by atoms with Crippen LogP contribution in [0.2, 0.25) is 5.15 Å². The van der Waals surface area contributed by atoms with Crippen LogP contribution in [0, 0.1) is 0 Å². The maximum absolute atomic E-state index is 12.0. The Morgan fingerprint density at radius 3 is 3.11 bits per heavy atom. The highest BCUT2D eigenvalue weighted by Crippen LogP contribution is 2.25. The van der Waals surface area contributed by atoms with Gasteiger partial charge in [-0.05, 0) is 24.3 Å². The third-order valence-corrected chi connectivity index (χ3v) is 4.42. The summed E-state index contributed by atoms with van der Waals surface area (Å²) < 4.78 is 0. The summed E-state index contributed by atoms with van der Waals surface area (Å²) in [6, 6.07) is 1.92. The maximum atomic E-state index is 12.0. The molecule has 1 aliphatic heterocycles. The zero-order chi connectivity index (χ0) is 13.2. The molecule has 1 amide bonds. The Labute approximate surface area is 120 Å². The molecule has 1 aliphatic rings. The van der Waals surface area contributed by atoms with E-state index in [4.69, 9.17) is 11.6 Å². The van der Waals surface area contributed by atoms with Gasteiger partial charge in [0.15, 0.2) is 5.82 Å². The monoisotopic (exact) mass is 295 g/mol. The molecule has 19 heavy (non-hydrogen) atoms. The van der Waals surface area contributed by atoms with Crippen molar-refractivity contribution < 1.29 is 4.79 Å². The molecular weight excluding hydrogens is 282 g/mol. The second-order valence-electron chi connectivity index (χ2n) is 4.70. The first-order chi connectivity index (χ1) is 9.24. The van der Waals surface area contributed by atoms with Gasteiger partial charge >= 0.3 is 0 Å². The largest absolute Gasteiger partial charge is 0.335 e. The first-order valence-corrected chi connectivity index (χ1v) is 7.67. The van der Waals surface area contributed by atoms with Crippen LogP contribution >= 0.6 is 22.9 Å². The van der Waals surface area contributed by atoms with Crippen LogP contribution < -0.4 is 0 Å². The minimum atomic E-state index is 0.198. The van der Waals surface area contributed by atoms with E-state index in [0.717, 1.165) is 36.0 Å². The third-order valence-electron chi connectivity index (χ3n) is 3.33. The number of carbonyl (C=O) groups excluding carboxylic acids is 1. The number of rotatable bonds is 2. The van der Waals surface area contributed by atoms with Crippen LogP contribution in [0.4, 0.5) is 0 Å². The highest BCUT2D eigenvalue weighted by atomic mass is 35.5. The van der Waals surface area contributed by atoms with Gasteiger partial charge in [-0.3, -0.25) is 4.79 Å². The van der Waals surface area contributed by atoms with Gasteiger partial charge < -0.3 is 4.90 Å². The lowest BCUT2D eigenvalue weighted by atomic mass is 10.2. The molecule has 0 bridgehead atoms. The average Bonchev–Trinajstić information content (AvgIpc) is 2.77. The van der Waals surface area contributed by atoms with Crippen LogP contribution in [0.3, 0.4) is 0 Å². The van der Waals surface area contributed by atoms with E-state index < -0.39 is 0 Å². The lowest BCUT2D eigenvalue weighted by Gasteiger charge is -2.19. The van der Waals surface area contributed by atoms with Gasteiger partial charge in [0, 0.05) is 18.4 Å². The van der Waals surface area contributed by atoms with Gasteiger partial charge in [0.05, 0.1) is 6.54 Å². The van der Waals surface area contributed by atoms with E-state index >= 15 is 0 Å². The molecule has 0 aromatic carbocycles. The summed E-state index contributed by atoms with van der Waals surface area (Å²) in [6.45, 7) is 1.26. The fourth-order valence-corrected chi connectivity index (χ4v) is 3.40. The normalized spacial score (nSPS) is 16.9. The molecule has 0 unspecified atom stereocenters. The van der Waals surface area contributed by atoms with Crippen molar-refractivity contribution in [3.8, 4) is 0 Å². The molecule has 0 aliphatic carbocycles. The standard InChI is InChI=1S/C13H14ClN3OS/c14-12-9-5-7-19-13(9)16-10(15-12)8-17-6-3-1-2-4-11(17)18/h5,7H,1-4,6,8H2. The van der Waals surface area contributed by atoms with Crippen LogP contribution in [-0.2, 0) is 11.3 Å². The molecular formula is C13H14ClN3OS. The number of hydrogen-bond acceptors (Lipinski definition) is 4. The van der Waals surface area contributed by atoms with Gasteiger partial charge in [0.2, 0.25) is 5.91 Å². The van der Waals surface area contributed by atoms with Crippen molar-refractivity contribution in [2.24, 2.45) is 0 Å². The first kappa shape index (κ1) is 12.8. The molecule has 0 radical (unpaired) electrons. The van der Waals surface area contributed by atoms with Crippen LogP contribution in [0.5, 0.6) is 0 Å². The number of carbonyl (C=O) groups is 1. The Bertz CT molecular complexity index is 613. The number of thiophene rings is 1. The Kier molecular flexibility index (Phi) is 3.66. The van der Waals surface area contributed by atoms with Gasteiger partial charge in [-0.2, -0.15) is 0 Å². The van der Waals surface area contributed by atoms with Crippen molar-refractivity contribution in [3.63, 3.8) is 0 Å². The fourth-order valence-electron chi connectivity index (χ4n) is 2.31. The number of hydrogen-bond donors (Lipinski definition) is 0. The zero-order valence-electron chi connectivity index (χ0n) is 10.4. The summed E-state index contributed by atoms with van der Waals surface area (Å²) in [5.41, 5.74) is 0. The van der Waals surface area contributed by atoms with Gasteiger partial charge in [0.1, 0.15) is 9.98 Å². The number of halogens is 1. The molecule has 0 saturated carbocycles. The van der Waals surface area contributed by atoms with Crippen molar-refractivity contribution in [1.82, 2.24) is 14.9 Å². The highest BCUT2D eigenvalue weighted by molar-refractivity contribution is 7.16. The van der Waals surface area contributed by atoms with E-state index in [1.807, 2.05) is 16.3 Å². The SMILES string of the molecule is O=C1CCCCCN1Cc1nc(Cl)c2ccsc2n1. The zero-order valence-corrected chi connectivity index (χ0v) is 12.0. The maximum Gasteiger partial charge on any atom is 0.222 e. The van der Waals surface area contributed by atoms with Crippen LogP contribution in [0.1, 0.15) is 31.5 Å². The highest BCUT2D eigenvalue weighted by Gasteiger charge is 2.18. The second-order valence-corrected chi connectivity index (χ2v) is 5.95. The van der Waals surface area contributed by atoms with E-state index in [2.05, 4.69) is 9.97 Å². The van der Waals surface area contributed by atoms with Gasteiger partial charge in [-0.25, -0.2) is 9.97 Å². The molecule has 3 rings (SSSR count). The van der Waals surface area contributed by atoms with Crippen molar-refractivity contribution in [1.29, 1.82) is 0 Å². The number of nitrogens with zero attached hydrogens (tertiary/aromatic N) is 3. The molecule has 0 atom stereocenters. The molecule has 0 spiro atoms. The van der Waals surface area contributed by atoms with E-state index in [1.165, 1.54) is 0 Å². The molecule has 2 aromatic heterocycles. The Hall–Kier alpha value is -1.20. The summed E-state index contributed by atoms with van der Waals surface area (Å²) in [7, 11) is 0. The van der Waals surface area contributed by atoms with Crippen molar-refractivity contribution in [3.05, 3.63) is 22.4 Å². The van der Waals surface area contributed by atoms with E-state index in [-0.39, 0.29) is 5.91 Å². The predicted octanol–water partition coefficient (Wildman–Crippen LogP) is 3.25. The van der Waals surface area contributed by atoms with Crippen molar-refractivity contribution in [2.75, 3.05) is 6.54 Å². The number of aromatic nitrogens is 2. The Balaban J connectivity index is 1.85.